The summed E-state index contributed by atoms with van der Waals surface area (Å²) >= 11 is 5.81. The van der Waals surface area contributed by atoms with Crippen LogP contribution in [0, 0.1) is 27.2 Å². The molecule has 138 valence electrons. The van der Waals surface area contributed by atoms with Gasteiger partial charge in [0.05, 0.1) is 12.0 Å². The zero-order chi connectivity index (χ0) is 19.7. The molecule has 0 aliphatic rings. The standard InChI is InChI=1S/C17H13ClN4O5/c1-10-19-16(17(20(10)2)22(25)26)11-3-8-15(14(9-11)21(23)24)27-13-6-4-12(18)5-7-13/h3-9H,1-2H3. The number of benzene rings is 2. The van der Waals surface area contributed by atoms with E-state index in [-0.39, 0.29) is 28.5 Å². The second kappa shape index (κ2) is 7.04. The van der Waals surface area contributed by atoms with Crippen molar-refractivity contribution >= 4 is 23.1 Å². The van der Waals surface area contributed by atoms with E-state index >= 15 is 0 Å². The number of nitro benzene ring substituents is 1. The molecule has 0 saturated heterocycles. The molecule has 0 bridgehead atoms. The van der Waals surface area contributed by atoms with E-state index in [9.17, 15) is 20.2 Å². The first-order valence-corrected chi connectivity index (χ1v) is 8.05. The number of nitro groups is 2. The van der Waals surface area contributed by atoms with Gasteiger partial charge in [-0.25, -0.2) is 9.55 Å². The van der Waals surface area contributed by atoms with E-state index in [1.54, 1.807) is 31.2 Å². The van der Waals surface area contributed by atoms with Gasteiger partial charge in [-0.1, -0.05) is 11.6 Å². The van der Waals surface area contributed by atoms with Gasteiger partial charge in [0, 0.05) is 23.6 Å². The van der Waals surface area contributed by atoms with Gasteiger partial charge in [0.1, 0.15) is 5.75 Å². The first kappa shape index (κ1) is 18.3. The molecule has 0 atom stereocenters. The molecule has 10 heteroatoms. The number of rotatable bonds is 5. The fraction of sp³-hybridized carbons (Fsp3) is 0.118. The lowest BCUT2D eigenvalue weighted by Gasteiger charge is -2.07. The first-order chi connectivity index (χ1) is 12.8. The molecule has 0 N–H and O–H groups in total. The maximum Gasteiger partial charge on any atom is 0.350 e. The van der Waals surface area contributed by atoms with Crippen molar-refractivity contribution in [2.75, 3.05) is 0 Å². The molecule has 0 aliphatic heterocycles. The Balaban J connectivity index is 2.07. The maximum absolute atomic E-state index is 11.5. The van der Waals surface area contributed by atoms with Gasteiger partial charge in [0.15, 0.2) is 11.5 Å². The molecule has 0 aliphatic carbocycles. The monoisotopic (exact) mass is 388 g/mol. The van der Waals surface area contributed by atoms with Crippen molar-refractivity contribution in [1.29, 1.82) is 0 Å². The van der Waals surface area contributed by atoms with Gasteiger partial charge in [-0.15, -0.1) is 0 Å². The molecule has 3 aromatic rings. The Labute approximate surface area is 158 Å². The molecule has 0 fully saturated rings. The Morgan fingerprint density at radius 3 is 2.33 bits per heavy atom. The van der Waals surface area contributed by atoms with E-state index in [2.05, 4.69) is 4.98 Å². The molecule has 0 amide bonds. The van der Waals surface area contributed by atoms with Gasteiger partial charge < -0.3 is 14.9 Å². The predicted octanol–water partition coefficient (Wildman–Crippen LogP) is 4.66. The van der Waals surface area contributed by atoms with Crippen LogP contribution in [0.5, 0.6) is 11.5 Å². The van der Waals surface area contributed by atoms with E-state index in [0.29, 0.717) is 16.6 Å². The lowest BCUT2D eigenvalue weighted by molar-refractivity contribution is -0.391. The third-order valence-corrected chi connectivity index (χ3v) is 4.18. The Morgan fingerprint density at radius 2 is 1.74 bits per heavy atom. The van der Waals surface area contributed by atoms with Crippen LogP contribution in [0.25, 0.3) is 11.3 Å². The van der Waals surface area contributed by atoms with Crippen LogP contribution in [0.15, 0.2) is 42.5 Å². The molecule has 3 rings (SSSR count). The summed E-state index contributed by atoms with van der Waals surface area (Å²) in [6.07, 6.45) is 0. The third kappa shape index (κ3) is 3.58. The zero-order valence-electron chi connectivity index (χ0n) is 14.2. The lowest BCUT2D eigenvalue weighted by atomic mass is 10.1. The van der Waals surface area contributed by atoms with Crippen LogP contribution in [-0.2, 0) is 7.05 Å². The van der Waals surface area contributed by atoms with E-state index in [1.807, 2.05) is 0 Å². The second-order valence-corrected chi connectivity index (χ2v) is 6.08. The van der Waals surface area contributed by atoms with Gasteiger partial charge in [0.25, 0.3) is 0 Å². The minimum atomic E-state index is -0.615. The summed E-state index contributed by atoms with van der Waals surface area (Å²) < 4.78 is 6.88. The van der Waals surface area contributed by atoms with Crippen molar-refractivity contribution < 1.29 is 14.6 Å². The largest absolute Gasteiger partial charge is 0.450 e. The molecule has 0 spiro atoms. The summed E-state index contributed by atoms with van der Waals surface area (Å²) in [6, 6.07) is 10.4. The number of imidazole rings is 1. The molecular weight excluding hydrogens is 376 g/mol. The summed E-state index contributed by atoms with van der Waals surface area (Å²) in [4.78, 5) is 25.8. The minimum Gasteiger partial charge on any atom is -0.450 e. The Bertz CT molecular complexity index is 1050. The smallest absolute Gasteiger partial charge is 0.350 e. The maximum atomic E-state index is 11.5. The normalized spacial score (nSPS) is 10.6. The number of halogens is 1. The molecule has 0 saturated carbocycles. The van der Waals surface area contributed by atoms with Gasteiger partial charge in [0.2, 0.25) is 5.75 Å². The van der Waals surface area contributed by atoms with Crippen molar-refractivity contribution in [3.05, 3.63) is 73.5 Å². The van der Waals surface area contributed by atoms with Crippen LogP contribution < -0.4 is 4.74 Å². The van der Waals surface area contributed by atoms with Crippen molar-refractivity contribution in [3.63, 3.8) is 0 Å². The summed E-state index contributed by atoms with van der Waals surface area (Å²) in [7, 11) is 1.51. The number of hydrogen-bond acceptors (Lipinski definition) is 6. The van der Waals surface area contributed by atoms with Crippen LogP contribution >= 0.6 is 11.6 Å². The molecule has 9 nitrogen and oxygen atoms in total. The SMILES string of the molecule is Cc1nc(-c2ccc(Oc3ccc(Cl)cc3)c([N+](=O)[O-])c2)c([N+](=O)[O-])n1C. The Morgan fingerprint density at radius 1 is 1.07 bits per heavy atom. The Kier molecular flexibility index (Phi) is 4.78. The number of aromatic nitrogens is 2. The molecule has 1 aromatic heterocycles. The molecule has 0 radical (unpaired) electrons. The third-order valence-electron chi connectivity index (χ3n) is 3.93. The van der Waals surface area contributed by atoms with Crippen LogP contribution in [0.1, 0.15) is 5.82 Å². The summed E-state index contributed by atoms with van der Waals surface area (Å²) in [5.74, 6) is 0.547. The van der Waals surface area contributed by atoms with Gasteiger partial charge in [-0.2, -0.15) is 0 Å². The fourth-order valence-electron chi connectivity index (χ4n) is 2.52. The van der Waals surface area contributed by atoms with Crippen LogP contribution in [0.3, 0.4) is 0 Å². The topological polar surface area (TPSA) is 113 Å². The number of nitrogens with zero attached hydrogens (tertiary/aromatic N) is 4. The summed E-state index contributed by atoms with van der Waals surface area (Å²) in [5, 5.41) is 23.3. The predicted molar refractivity (Wildman–Crippen MR) is 98.2 cm³/mol. The number of ether oxygens (including phenoxy) is 1. The molecular formula is C17H13ClN4O5. The molecule has 2 aromatic carbocycles. The highest BCUT2D eigenvalue weighted by molar-refractivity contribution is 6.30. The summed E-state index contributed by atoms with van der Waals surface area (Å²) in [5.41, 5.74) is -0.0262. The van der Waals surface area contributed by atoms with Crippen molar-refractivity contribution in [3.8, 4) is 22.8 Å². The van der Waals surface area contributed by atoms with Gasteiger partial charge >= 0.3 is 11.5 Å². The second-order valence-electron chi connectivity index (χ2n) is 5.64. The van der Waals surface area contributed by atoms with Crippen molar-refractivity contribution in [1.82, 2.24) is 9.55 Å². The van der Waals surface area contributed by atoms with Crippen LogP contribution in [0.4, 0.5) is 11.5 Å². The van der Waals surface area contributed by atoms with Gasteiger partial charge in [-0.05, 0) is 41.3 Å². The van der Waals surface area contributed by atoms with E-state index in [0.717, 1.165) is 0 Å². The minimum absolute atomic E-state index is 0.00128. The highest BCUT2D eigenvalue weighted by Gasteiger charge is 2.26. The first-order valence-electron chi connectivity index (χ1n) is 7.68. The Hall–Kier alpha value is -3.46. The summed E-state index contributed by atoms with van der Waals surface area (Å²) in [6.45, 7) is 1.61. The van der Waals surface area contributed by atoms with Crippen LogP contribution in [-0.4, -0.2) is 19.4 Å². The zero-order valence-corrected chi connectivity index (χ0v) is 15.0. The average Bonchev–Trinajstić information content (AvgIpc) is 2.92. The van der Waals surface area contributed by atoms with Crippen LogP contribution in [0.2, 0.25) is 5.02 Å². The fourth-order valence-corrected chi connectivity index (χ4v) is 2.65. The van der Waals surface area contributed by atoms with E-state index < -0.39 is 9.85 Å². The highest BCUT2D eigenvalue weighted by atomic mass is 35.5. The van der Waals surface area contributed by atoms with Gasteiger partial charge in [-0.3, -0.25) is 10.1 Å². The van der Waals surface area contributed by atoms with E-state index in [4.69, 9.17) is 16.3 Å². The molecule has 0 unspecified atom stereocenters. The molecule has 27 heavy (non-hydrogen) atoms. The van der Waals surface area contributed by atoms with Crippen molar-refractivity contribution in [2.24, 2.45) is 7.05 Å². The quantitative estimate of drug-likeness (QED) is 0.464. The molecule has 1 heterocycles. The number of aryl methyl sites for hydroxylation is 1. The highest BCUT2D eigenvalue weighted by Crippen LogP contribution is 2.37. The van der Waals surface area contributed by atoms with Crippen molar-refractivity contribution in [2.45, 2.75) is 6.92 Å². The van der Waals surface area contributed by atoms with E-state index in [1.165, 1.54) is 29.8 Å². The number of hydrogen-bond donors (Lipinski definition) is 0. The lowest BCUT2D eigenvalue weighted by Crippen LogP contribution is -2.00. The average molecular weight is 389 g/mol.